The van der Waals surface area contributed by atoms with E-state index >= 15 is 0 Å². The molecule has 7 nitrogen and oxygen atoms in total. The average molecular weight is 459 g/mol. The van der Waals surface area contributed by atoms with E-state index in [-0.39, 0.29) is 11.1 Å². The molecule has 0 spiro atoms. The lowest BCUT2D eigenvalue weighted by Crippen LogP contribution is -2.39. The molecule has 3 heterocycles. The quantitative estimate of drug-likeness (QED) is 0.570. The zero-order valence-corrected chi connectivity index (χ0v) is 19.2. The number of aryl methyl sites for hydroxylation is 1. The Bertz CT molecular complexity index is 1100. The van der Waals surface area contributed by atoms with E-state index in [1.54, 1.807) is 10.9 Å². The predicted octanol–water partition coefficient (Wildman–Crippen LogP) is 4.25. The van der Waals surface area contributed by atoms with Crippen molar-refractivity contribution in [3.8, 4) is 5.75 Å². The Labute approximate surface area is 187 Å². The maximum Gasteiger partial charge on any atom is 0.280 e. The number of hydrogen-bond acceptors (Lipinski definition) is 7. The Morgan fingerprint density at radius 3 is 2.58 bits per heavy atom. The summed E-state index contributed by atoms with van der Waals surface area (Å²) in [4.78, 5) is 10.6. The van der Waals surface area contributed by atoms with Gasteiger partial charge in [0.05, 0.1) is 11.7 Å². The Morgan fingerprint density at radius 2 is 1.94 bits per heavy atom. The predicted molar refractivity (Wildman–Crippen MR) is 122 cm³/mol. The second-order valence-electron chi connectivity index (χ2n) is 7.71. The molecule has 2 aromatic heterocycles. The van der Waals surface area contributed by atoms with Gasteiger partial charge in [-0.25, -0.2) is 9.97 Å². The van der Waals surface area contributed by atoms with E-state index in [1.807, 2.05) is 13.0 Å². The number of nitrogens with one attached hydrogen (secondary N) is 1. The molecule has 4 rings (SSSR count). The van der Waals surface area contributed by atoms with Crippen LogP contribution in [0.1, 0.15) is 36.9 Å². The van der Waals surface area contributed by atoms with Crippen LogP contribution in [0.15, 0.2) is 58.5 Å². The molecule has 1 unspecified atom stereocenters. The van der Waals surface area contributed by atoms with Crippen molar-refractivity contribution in [2.45, 2.75) is 43.9 Å². The molecule has 0 saturated carbocycles. The van der Waals surface area contributed by atoms with Crippen molar-refractivity contribution in [3.63, 3.8) is 0 Å². The molecule has 0 aliphatic carbocycles. The Hall–Kier alpha value is -2.49. The summed E-state index contributed by atoms with van der Waals surface area (Å²) in [5.74, 6) is 0.920. The summed E-state index contributed by atoms with van der Waals surface area (Å²) in [5, 5.41) is 1.59. The number of likely N-dealkylation sites (tertiary alicyclic amines) is 1. The highest BCUT2D eigenvalue weighted by atomic mass is 32.2. The lowest BCUT2D eigenvalue weighted by Gasteiger charge is -2.36. The average Bonchev–Trinajstić information content (AvgIpc) is 3.28. The summed E-state index contributed by atoms with van der Waals surface area (Å²) in [6, 6.07) is 12.4. The number of rotatable bonds is 7. The molecule has 1 fully saturated rings. The van der Waals surface area contributed by atoms with Crippen LogP contribution in [0.25, 0.3) is 0 Å². The van der Waals surface area contributed by atoms with Crippen LogP contribution in [-0.4, -0.2) is 42.5 Å². The van der Waals surface area contributed by atoms with Crippen LogP contribution in [0.4, 0.5) is 5.82 Å². The van der Waals surface area contributed by atoms with E-state index in [2.05, 4.69) is 50.8 Å². The van der Waals surface area contributed by atoms with Crippen molar-refractivity contribution in [2.24, 2.45) is 0 Å². The molecule has 1 saturated heterocycles. The Morgan fingerprint density at radius 1 is 1.19 bits per heavy atom. The summed E-state index contributed by atoms with van der Waals surface area (Å²) in [6.45, 7) is 5.99. The highest BCUT2D eigenvalue weighted by Gasteiger charge is 2.25. The zero-order chi connectivity index (χ0) is 21.8. The van der Waals surface area contributed by atoms with Gasteiger partial charge in [0, 0.05) is 24.5 Å². The molecular formula is C22H26N4O3S2. The SMILES string of the molecule is Cc1cc(S(=O)(=O)Nc2cscn2)ncc1OC1CCN(C(C)c2ccccc2)CC1. The van der Waals surface area contributed by atoms with Crippen LogP contribution < -0.4 is 9.46 Å². The van der Waals surface area contributed by atoms with Gasteiger partial charge in [0.1, 0.15) is 11.9 Å². The standard InChI is InChI=1S/C22H26N4O3S2/c1-16-12-22(31(27,28)25-21-14-30-15-24-21)23-13-20(16)29-19-8-10-26(11-9-19)17(2)18-6-4-3-5-7-18/h3-7,12-15,17,19,25H,8-11H2,1-2H3. The molecule has 0 bridgehead atoms. The van der Waals surface area contributed by atoms with Gasteiger partial charge >= 0.3 is 0 Å². The molecule has 0 amide bonds. The number of benzene rings is 1. The van der Waals surface area contributed by atoms with Gasteiger partial charge in [-0.1, -0.05) is 30.3 Å². The van der Waals surface area contributed by atoms with Crippen molar-refractivity contribution in [3.05, 3.63) is 64.6 Å². The third kappa shape index (κ3) is 5.23. The smallest absolute Gasteiger partial charge is 0.280 e. The normalized spacial score (nSPS) is 16.7. The highest BCUT2D eigenvalue weighted by Crippen LogP contribution is 2.28. The van der Waals surface area contributed by atoms with Gasteiger partial charge in [0.2, 0.25) is 0 Å². The number of thiazole rings is 1. The van der Waals surface area contributed by atoms with Gasteiger partial charge in [-0.2, -0.15) is 8.42 Å². The number of anilines is 1. The minimum Gasteiger partial charge on any atom is -0.488 e. The second kappa shape index (κ2) is 9.33. The first kappa shape index (κ1) is 21.7. The molecule has 31 heavy (non-hydrogen) atoms. The maximum absolute atomic E-state index is 12.5. The lowest BCUT2D eigenvalue weighted by atomic mass is 10.0. The fourth-order valence-electron chi connectivity index (χ4n) is 3.74. The van der Waals surface area contributed by atoms with Crippen LogP contribution in [0.5, 0.6) is 5.75 Å². The number of aromatic nitrogens is 2. The van der Waals surface area contributed by atoms with Crippen LogP contribution in [0, 0.1) is 6.92 Å². The van der Waals surface area contributed by atoms with Crippen LogP contribution in [-0.2, 0) is 10.0 Å². The van der Waals surface area contributed by atoms with E-state index in [1.165, 1.54) is 29.2 Å². The summed E-state index contributed by atoms with van der Waals surface area (Å²) < 4.78 is 33.6. The molecule has 1 aromatic carbocycles. The second-order valence-corrected chi connectivity index (χ2v) is 10.1. The number of nitrogens with zero attached hydrogens (tertiary/aromatic N) is 3. The summed E-state index contributed by atoms with van der Waals surface area (Å²) in [5.41, 5.74) is 3.64. The van der Waals surface area contributed by atoms with Gasteiger partial charge in [-0.3, -0.25) is 9.62 Å². The largest absolute Gasteiger partial charge is 0.488 e. The summed E-state index contributed by atoms with van der Waals surface area (Å²) in [7, 11) is -3.78. The molecule has 1 N–H and O–H groups in total. The van der Waals surface area contributed by atoms with Gasteiger partial charge in [0.15, 0.2) is 10.8 Å². The monoisotopic (exact) mass is 458 g/mol. The Kier molecular flexibility index (Phi) is 6.54. The molecule has 1 atom stereocenters. The van der Waals surface area contributed by atoms with Crippen LogP contribution in [0.2, 0.25) is 0 Å². The number of ether oxygens (including phenoxy) is 1. The lowest BCUT2D eigenvalue weighted by molar-refractivity contribution is 0.0790. The minimum absolute atomic E-state index is 0.0446. The molecule has 9 heteroatoms. The molecular weight excluding hydrogens is 432 g/mol. The molecule has 164 valence electrons. The van der Waals surface area contributed by atoms with Crippen molar-refractivity contribution in [2.75, 3.05) is 17.8 Å². The van der Waals surface area contributed by atoms with Crippen molar-refractivity contribution in [1.29, 1.82) is 0 Å². The minimum atomic E-state index is -3.78. The van der Waals surface area contributed by atoms with Crippen molar-refractivity contribution < 1.29 is 13.2 Å². The van der Waals surface area contributed by atoms with E-state index in [9.17, 15) is 8.42 Å². The fraction of sp³-hybridized carbons (Fsp3) is 0.364. The van der Waals surface area contributed by atoms with Gasteiger partial charge < -0.3 is 4.74 Å². The Balaban J connectivity index is 1.36. The first-order chi connectivity index (χ1) is 14.9. The number of sulfonamides is 1. The maximum atomic E-state index is 12.5. The number of hydrogen-bond donors (Lipinski definition) is 1. The van der Waals surface area contributed by atoms with Crippen LogP contribution in [0.3, 0.4) is 0 Å². The summed E-state index contributed by atoms with van der Waals surface area (Å²) in [6.07, 6.45) is 3.43. The van der Waals surface area contributed by atoms with Crippen LogP contribution >= 0.6 is 11.3 Å². The first-order valence-electron chi connectivity index (χ1n) is 10.3. The van der Waals surface area contributed by atoms with Crippen molar-refractivity contribution in [1.82, 2.24) is 14.9 Å². The molecule has 1 aliphatic heterocycles. The van der Waals surface area contributed by atoms with E-state index in [0.29, 0.717) is 17.6 Å². The third-order valence-corrected chi connectivity index (χ3v) is 7.42. The number of piperidine rings is 1. The number of pyridine rings is 1. The summed E-state index contributed by atoms with van der Waals surface area (Å²) >= 11 is 1.32. The van der Waals surface area contributed by atoms with Crippen molar-refractivity contribution >= 4 is 27.2 Å². The topological polar surface area (TPSA) is 84.4 Å². The highest BCUT2D eigenvalue weighted by molar-refractivity contribution is 7.92. The van der Waals surface area contributed by atoms with Gasteiger partial charge in [-0.05, 0) is 43.9 Å². The first-order valence-corrected chi connectivity index (χ1v) is 12.7. The van der Waals surface area contributed by atoms with Gasteiger partial charge in [-0.15, -0.1) is 11.3 Å². The zero-order valence-electron chi connectivity index (χ0n) is 17.6. The van der Waals surface area contributed by atoms with E-state index in [0.717, 1.165) is 31.5 Å². The van der Waals surface area contributed by atoms with Gasteiger partial charge in [0.25, 0.3) is 10.0 Å². The van der Waals surface area contributed by atoms with E-state index < -0.39 is 10.0 Å². The third-order valence-electron chi connectivity index (χ3n) is 5.58. The fourth-order valence-corrected chi connectivity index (χ4v) is 5.32. The van der Waals surface area contributed by atoms with E-state index in [4.69, 9.17) is 4.74 Å². The molecule has 0 radical (unpaired) electrons. The molecule has 3 aromatic rings. The molecule has 1 aliphatic rings.